The number of carbonyl (C=O) groups excluding carboxylic acids is 2. The Morgan fingerprint density at radius 3 is 2.43 bits per heavy atom. The summed E-state index contributed by atoms with van der Waals surface area (Å²) in [5.41, 5.74) is 1.78. The number of ether oxygens (including phenoxy) is 2. The fourth-order valence-corrected chi connectivity index (χ4v) is 2.50. The van der Waals surface area contributed by atoms with Gasteiger partial charge in [0.2, 0.25) is 0 Å². The van der Waals surface area contributed by atoms with Crippen LogP contribution >= 0.6 is 0 Å². The highest BCUT2D eigenvalue weighted by Crippen LogP contribution is 2.16. The molecule has 0 fully saturated rings. The lowest BCUT2D eigenvalue weighted by atomic mass is 10.2. The molecule has 144 valence electrons. The minimum atomic E-state index is -0.940. The smallest absolute Gasteiger partial charge is 0.338 e. The molecule has 0 bridgehead atoms. The van der Waals surface area contributed by atoms with Crippen LogP contribution in [-0.4, -0.2) is 34.4 Å². The van der Waals surface area contributed by atoms with Crippen LogP contribution in [0.15, 0.2) is 67.0 Å². The van der Waals surface area contributed by atoms with Crippen molar-refractivity contribution in [2.24, 2.45) is 0 Å². The van der Waals surface area contributed by atoms with Gasteiger partial charge < -0.3 is 14.8 Å². The summed E-state index contributed by atoms with van der Waals surface area (Å²) in [6.45, 7) is 4.00. The number of aromatic nitrogens is 2. The Bertz CT molecular complexity index is 919. The Morgan fingerprint density at radius 2 is 1.82 bits per heavy atom. The molecule has 7 nitrogen and oxygen atoms in total. The predicted molar refractivity (Wildman–Crippen MR) is 105 cm³/mol. The zero-order valence-electron chi connectivity index (χ0n) is 15.7. The van der Waals surface area contributed by atoms with Crippen molar-refractivity contribution in [2.75, 3.05) is 11.9 Å². The molecule has 1 atom stereocenters. The quantitative estimate of drug-likeness (QED) is 0.636. The molecule has 0 radical (unpaired) electrons. The van der Waals surface area contributed by atoms with Crippen molar-refractivity contribution in [3.63, 3.8) is 0 Å². The minimum absolute atomic E-state index is 0.358. The van der Waals surface area contributed by atoms with Crippen LogP contribution in [0.5, 0.6) is 5.75 Å². The standard InChI is InChI=1S/C21H21N3O4/c1-3-27-19-11-7-17(8-12-19)23-20(25)15(2)28-21(26)16-5-9-18(10-6-16)24-14-4-13-22-24/h4-15H,3H2,1-2H3,(H,23,25)/t15-/m1/s1. The molecule has 3 rings (SSSR count). The highest BCUT2D eigenvalue weighted by molar-refractivity contribution is 5.97. The third-order valence-corrected chi connectivity index (χ3v) is 3.96. The van der Waals surface area contributed by atoms with Gasteiger partial charge in [0.1, 0.15) is 5.75 Å². The molecule has 2 aromatic carbocycles. The van der Waals surface area contributed by atoms with Crippen LogP contribution in [0.3, 0.4) is 0 Å². The maximum absolute atomic E-state index is 12.3. The molecule has 0 saturated carbocycles. The summed E-state index contributed by atoms with van der Waals surface area (Å²) in [5, 5.41) is 6.84. The Balaban J connectivity index is 1.56. The van der Waals surface area contributed by atoms with Gasteiger partial charge in [-0.25, -0.2) is 9.48 Å². The Morgan fingerprint density at radius 1 is 1.11 bits per heavy atom. The van der Waals surface area contributed by atoms with E-state index in [9.17, 15) is 9.59 Å². The van der Waals surface area contributed by atoms with Crippen molar-refractivity contribution in [2.45, 2.75) is 20.0 Å². The lowest BCUT2D eigenvalue weighted by Crippen LogP contribution is -2.30. The number of amides is 1. The van der Waals surface area contributed by atoms with Crippen LogP contribution in [0.1, 0.15) is 24.2 Å². The van der Waals surface area contributed by atoms with E-state index >= 15 is 0 Å². The molecular weight excluding hydrogens is 358 g/mol. The lowest BCUT2D eigenvalue weighted by molar-refractivity contribution is -0.123. The number of rotatable bonds is 7. The van der Waals surface area contributed by atoms with Crippen LogP contribution in [0.4, 0.5) is 5.69 Å². The van der Waals surface area contributed by atoms with Crippen molar-refractivity contribution in [3.05, 3.63) is 72.6 Å². The molecule has 7 heteroatoms. The van der Waals surface area contributed by atoms with Gasteiger partial charge in [0, 0.05) is 18.1 Å². The van der Waals surface area contributed by atoms with Gasteiger partial charge in [-0.1, -0.05) is 0 Å². The largest absolute Gasteiger partial charge is 0.494 e. The highest BCUT2D eigenvalue weighted by atomic mass is 16.5. The van der Waals surface area contributed by atoms with Crippen LogP contribution < -0.4 is 10.1 Å². The lowest BCUT2D eigenvalue weighted by Gasteiger charge is -2.14. The Hall–Kier alpha value is -3.61. The summed E-state index contributed by atoms with van der Waals surface area (Å²) in [6.07, 6.45) is 2.54. The highest BCUT2D eigenvalue weighted by Gasteiger charge is 2.19. The van der Waals surface area contributed by atoms with Gasteiger partial charge in [-0.15, -0.1) is 0 Å². The van der Waals surface area contributed by atoms with Crippen molar-refractivity contribution >= 4 is 17.6 Å². The summed E-state index contributed by atoms with van der Waals surface area (Å²) in [4.78, 5) is 24.6. The van der Waals surface area contributed by atoms with Crippen LogP contribution in [0.25, 0.3) is 5.69 Å². The maximum Gasteiger partial charge on any atom is 0.338 e. The summed E-state index contributed by atoms with van der Waals surface area (Å²) in [5.74, 6) is -0.259. The molecule has 1 aromatic heterocycles. The first-order chi connectivity index (χ1) is 13.6. The summed E-state index contributed by atoms with van der Waals surface area (Å²) < 4.78 is 12.3. The van der Waals surface area contributed by atoms with E-state index < -0.39 is 18.0 Å². The third kappa shape index (κ3) is 4.76. The second-order valence-corrected chi connectivity index (χ2v) is 5.99. The van der Waals surface area contributed by atoms with Crippen LogP contribution in [0, 0.1) is 0 Å². The number of hydrogen-bond acceptors (Lipinski definition) is 5. The number of nitrogens with zero attached hydrogens (tertiary/aromatic N) is 2. The number of esters is 1. The second kappa shape index (κ2) is 8.85. The fraction of sp³-hybridized carbons (Fsp3) is 0.190. The Labute approximate surface area is 162 Å². The van der Waals surface area contributed by atoms with Gasteiger partial charge >= 0.3 is 5.97 Å². The van der Waals surface area contributed by atoms with Crippen molar-refractivity contribution < 1.29 is 19.1 Å². The van der Waals surface area contributed by atoms with Gasteiger partial charge in [0.05, 0.1) is 17.9 Å². The predicted octanol–water partition coefficient (Wildman–Crippen LogP) is 3.46. The molecule has 0 aliphatic heterocycles. The van der Waals surface area contributed by atoms with E-state index in [-0.39, 0.29) is 0 Å². The Kier molecular flexibility index (Phi) is 6.06. The number of hydrogen-bond donors (Lipinski definition) is 1. The molecule has 1 N–H and O–H groups in total. The number of benzene rings is 2. The van der Waals surface area contributed by atoms with Crippen molar-refractivity contribution in [1.82, 2.24) is 9.78 Å². The van der Waals surface area contributed by atoms with Crippen molar-refractivity contribution in [1.29, 1.82) is 0 Å². The minimum Gasteiger partial charge on any atom is -0.494 e. The summed E-state index contributed by atoms with van der Waals surface area (Å²) in [6, 6.07) is 15.6. The number of carbonyl (C=O) groups is 2. The van der Waals surface area contributed by atoms with E-state index in [1.54, 1.807) is 65.6 Å². The van der Waals surface area contributed by atoms with Gasteiger partial charge in [-0.05, 0) is 68.4 Å². The second-order valence-electron chi connectivity index (χ2n) is 5.99. The number of anilines is 1. The van der Waals surface area contributed by atoms with E-state index in [0.29, 0.717) is 17.9 Å². The van der Waals surface area contributed by atoms with E-state index in [4.69, 9.17) is 9.47 Å². The first-order valence-electron chi connectivity index (χ1n) is 8.91. The SMILES string of the molecule is CCOc1ccc(NC(=O)[C@@H](C)OC(=O)c2ccc(-n3cccn3)cc2)cc1. The average molecular weight is 379 g/mol. The van der Waals surface area contributed by atoms with Gasteiger partial charge in [-0.2, -0.15) is 5.10 Å². The monoisotopic (exact) mass is 379 g/mol. The third-order valence-electron chi connectivity index (χ3n) is 3.96. The van der Waals surface area contributed by atoms with E-state index in [1.807, 2.05) is 13.0 Å². The topological polar surface area (TPSA) is 82.5 Å². The van der Waals surface area contributed by atoms with Crippen LogP contribution in [-0.2, 0) is 9.53 Å². The molecule has 0 aliphatic rings. The van der Waals surface area contributed by atoms with Gasteiger partial charge in [-0.3, -0.25) is 4.79 Å². The summed E-state index contributed by atoms with van der Waals surface area (Å²) in [7, 11) is 0. The van der Waals surface area contributed by atoms with E-state index in [0.717, 1.165) is 11.4 Å². The molecular formula is C21H21N3O4. The first-order valence-corrected chi connectivity index (χ1v) is 8.91. The first kappa shape index (κ1) is 19.2. The molecule has 0 spiro atoms. The van der Waals surface area contributed by atoms with E-state index in [1.165, 1.54) is 6.92 Å². The average Bonchev–Trinajstić information content (AvgIpc) is 3.24. The zero-order chi connectivity index (χ0) is 19.9. The zero-order valence-corrected chi connectivity index (χ0v) is 15.7. The molecule has 3 aromatic rings. The summed E-state index contributed by atoms with van der Waals surface area (Å²) >= 11 is 0. The fourth-order valence-electron chi connectivity index (χ4n) is 2.50. The van der Waals surface area contributed by atoms with Gasteiger partial charge in [0.15, 0.2) is 6.10 Å². The molecule has 1 heterocycles. The normalized spacial score (nSPS) is 11.5. The van der Waals surface area contributed by atoms with E-state index in [2.05, 4.69) is 10.4 Å². The molecule has 1 amide bonds. The number of nitrogens with one attached hydrogen (secondary N) is 1. The molecule has 0 unspecified atom stereocenters. The van der Waals surface area contributed by atoms with Crippen LogP contribution in [0.2, 0.25) is 0 Å². The molecule has 28 heavy (non-hydrogen) atoms. The molecule has 0 aliphatic carbocycles. The maximum atomic E-state index is 12.3. The van der Waals surface area contributed by atoms with Gasteiger partial charge in [0.25, 0.3) is 5.91 Å². The molecule has 0 saturated heterocycles. The van der Waals surface area contributed by atoms with Crippen molar-refractivity contribution in [3.8, 4) is 11.4 Å².